The van der Waals surface area contributed by atoms with Crippen LogP contribution in [0.25, 0.3) is 23.5 Å². The standard InChI is InChI=1S/C25H19NO4.C20H23NO3.C9H6O2.C6H15N.CH4/c1-25(2)16-10-6-7-11-17(16)26(3)18(25)12-15-19(24(30)23(15)29)20-21(27)13-8-4-5-9-14(13)22(20)28;1-5-6-11-24-19-13(17(22)18(19)23)12-16-20(2,3)14-9-7-8-10-15(14)21(16)4;10-8-5-9(11)7-4-2-1-3-6(7)8;1-4-7(5-2)6-3;/h4-12,27H,1-3H3;7-10,12H,5-6,11H2,1-4H3;1-4H,5H2;4-6H2,1-3H3;1H4. The van der Waals surface area contributed by atoms with E-state index in [0.29, 0.717) is 34.4 Å². The third-order valence-electron chi connectivity index (χ3n) is 14.4. The molecule has 380 valence electrons. The van der Waals surface area contributed by atoms with Gasteiger partial charge < -0.3 is 24.5 Å². The Morgan fingerprint density at radius 2 is 1.00 bits per heavy atom. The number of rotatable bonds is 10. The second kappa shape index (κ2) is 22.0. The maximum atomic E-state index is 12.9. The number of para-hydroxylation sites is 2. The average Bonchev–Trinajstić information content (AvgIpc) is 3.96. The summed E-state index contributed by atoms with van der Waals surface area (Å²) >= 11 is 0. The molecule has 0 spiro atoms. The quantitative estimate of drug-likeness (QED) is 0.0788. The van der Waals surface area contributed by atoms with Crippen LogP contribution in [0.15, 0.2) is 128 Å². The number of aliphatic hydroxyl groups excluding tert-OH is 1. The van der Waals surface area contributed by atoms with Crippen molar-refractivity contribution in [3.63, 3.8) is 0 Å². The van der Waals surface area contributed by atoms with E-state index in [2.05, 4.69) is 77.3 Å². The molecule has 2 aliphatic carbocycles. The van der Waals surface area contributed by atoms with Gasteiger partial charge in [-0.25, -0.2) is 0 Å². The predicted octanol–water partition coefficient (Wildman–Crippen LogP) is 10.3. The van der Waals surface area contributed by atoms with Gasteiger partial charge in [-0.1, -0.05) is 154 Å². The number of anilines is 2. The number of ketones is 3. The van der Waals surface area contributed by atoms with Gasteiger partial charge >= 0.3 is 0 Å². The first kappa shape index (κ1) is 54.8. The molecule has 12 nitrogen and oxygen atoms in total. The Balaban J connectivity index is 0.000000179. The summed E-state index contributed by atoms with van der Waals surface area (Å²) in [5.74, 6) is -0.556. The molecule has 0 atom stereocenters. The highest BCUT2D eigenvalue weighted by atomic mass is 16.5. The number of aliphatic hydroxyl groups is 1. The highest BCUT2D eigenvalue weighted by Gasteiger charge is 2.42. The molecule has 0 fully saturated rings. The first-order chi connectivity index (χ1) is 34.3. The minimum absolute atomic E-state index is 0. The molecule has 10 rings (SSSR count). The van der Waals surface area contributed by atoms with Crippen LogP contribution in [0.2, 0.25) is 0 Å². The van der Waals surface area contributed by atoms with E-state index in [0.717, 1.165) is 41.2 Å². The van der Waals surface area contributed by atoms with Crippen molar-refractivity contribution in [3.05, 3.63) is 199 Å². The van der Waals surface area contributed by atoms with Crippen LogP contribution in [0.4, 0.5) is 11.4 Å². The molecule has 0 bridgehead atoms. The number of fused-ring (bicyclic) bond motifs is 4. The summed E-state index contributed by atoms with van der Waals surface area (Å²) < 4.78 is 5.55. The van der Waals surface area contributed by atoms with Crippen molar-refractivity contribution < 1.29 is 24.2 Å². The van der Waals surface area contributed by atoms with E-state index in [1.807, 2.05) is 61.5 Å². The SMILES string of the molecule is C.CCCCOc1c(C=C2N(C)c3ccccc3C2(C)C)c(=O)c1=O.CCN(CC)CC.CN1C(=Cc2c(C3=C(O)c4ccccc4C3=O)c(=O)c2=O)C(C)(C)c2ccccc21.O=C1CC(=O)c2ccccc21. The van der Waals surface area contributed by atoms with Crippen LogP contribution < -0.4 is 36.3 Å². The zero-order valence-electron chi connectivity index (χ0n) is 42.9. The Morgan fingerprint density at radius 3 is 1.44 bits per heavy atom. The Morgan fingerprint density at radius 1 is 0.575 bits per heavy atom. The van der Waals surface area contributed by atoms with Gasteiger partial charge in [0.05, 0.1) is 29.7 Å². The Hall–Kier alpha value is -7.57. The summed E-state index contributed by atoms with van der Waals surface area (Å²) in [6.07, 6.45) is 5.42. The fourth-order valence-electron chi connectivity index (χ4n) is 10.0. The van der Waals surface area contributed by atoms with Crippen molar-refractivity contribution in [2.45, 2.75) is 92.9 Å². The minimum Gasteiger partial charge on any atom is -0.506 e. The maximum absolute atomic E-state index is 12.9. The van der Waals surface area contributed by atoms with Gasteiger partial charge in [-0.15, -0.1) is 0 Å². The molecule has 2 aliphatic heterocycles. The van der Waals surface area contributed by atoms with Crippen LogP contribution in [0, 0.1) is 0 Å². The molecule has 0 amide bonds. The van der Waals surface area contributed by atoms with Crippen LogP contribution in [0.5, 0.6) is 5.75 Å². The Labute approximate surface area is 428 Å². The number of benzene rings is 4. The van der Waals surface area contributed by atoms with Crippen molar-refractivity contribution in [1.82, 2.24) is 4.90 Å². The lowest BCUT2D eigenvalue weighted by molar-refractivity contribution is 0.0922. The molecular formula is C61H67N3O9. The third-order valence-corrected chi connectivity index (χ3v) is 14.4. The van der Waals surface area contributed by atoms with E-state index in [1.165, 1.54) is 25.2 Å². The van der Waals surface area contributed by atoms with Gasteiger partial charge in [0.1, 0.15) is 5.76 Å². The van der Waals surface area contributed by atoms with E-state index in [-0.39, 0.29) is 64.5 Å². The molecule has 6 aromatic rings. The van der Waals surface area contributed by atoms with Gasteiger partial charge in [-0.2, -0.15) is 0 Å². The smallest absolute Gasteiger partial charge is 0.268 e. The van der Waals surface area contributed by atoms with Crippen LogP contribution in [0.1, 0.15) is 147 Å². The zero-order chi connectivity index (χ0) is 52.4. The van der Waals surface area contributed by atoms with Crippen LogP contribution in [-0.2, 0) is 10.8 Å². The topological polar surface area (TPSA) is 159 Å². The third kappa shape index (κ3) is 9.88. The fourth-order valence-corrected chi connectivity index (χ4v) is 10.0. The van der Waals surface area contributed by atoms with Gasteiger partial charge in [-0.3, -0.25) is 33.6 Å². The van der Waals surface area contributed by atoms with Crippen LogP contribution in [0.3, 0.4) is 0 Å². The van der Waals surface area contributed by atoms with E-state index in [4.69, 9.17) is 4.74 Å². The summed E-state index contributed by atoms with van der Waals surface area (Å²) in [4.78, 5) is 90.3. The number of likely N-dealkylation sites (N-methyl/N-ethyl adjacent to an activating group) is 2. The van der Waals surface area contributed by atoms with Crippen molar-refractivity contribution in [1.29, 1.82) is 0 Å². The highest BCUT2D eigenvalue weighted by Crippen LogP contribution is 2.49. The van der Waals surface area contributed by atoms with Crippen molar-refractivity contribution >= 4 is 52.2 Å². The number of carbonyl (C=O) groups excluding carboxylic acids is 3. The highest BCUT2D eigenvalue weighted by molar-refractivity contribution is 6.39. The molecule has 4 aliphatic rings. The monoisotopic (exact) mass is 985 g/mol. The van der Waals surface area contributed by atoms with Crippen molar-refractivity contribution in [2.24, 2.45) is 0 Å². The number of hydrogen-bond donors (Lipinski definition) is 1. The molecule has 0 aromatic heterocycles. The van der Waals surface area contributed by atoms with Gasteiger partial charge in [0.2, 0.25) is 16.3 Å². The maximum Gasteiger partial charge on any atom is 0.268 e. The molecule has 0 radical (unpaired) electrons. The number of ether oxygens (including phenoxy) is 1. The summed E-state index contributed by atoms with van der Waals surface area (Å²) in [5, 5.41) is 10.7. The van der Waals surface area contributed by atoms with E-state index in [1.54, 1.807) is 54.6 Å². The molecule has 6 aromatic carbocycles. The van der Waals surface area contributed by atoms with E-state index in [9.17, 15) is 38.7 Å². The Bertz CT molecular complexity index is 3310. The fraction of sp³-hybridized carbons (Fsp3) is 0.328. The van der Waals surface area contributed by atoms with Crippen LogP contribution >= 0.6 is 0 Å². The average molecular weight is 986 g/mol. The van der Waals surface area contributed by atoms with Gasteiger partial charge in [-0.05, 0) is 61.5 Å². The van der Waals surface area contributed by atoms with Crippen molar-refractivity contribution in [2.75, 3.05) is 50.1 Å². The predicted molar refractivity (Wildman–Crippen MR) is 295 cm³/mol. The van der Waals surface area contributed by atoms with E-state index < -0.39 is 27.5 Å². The molecule has 0 unspecified atom stereocenters. The normalized spacial score (nSPS) is 16.6. The molecular weight excluding hydrogens is 919 g/mol. The molecule has 73 heavy (non-hydrogen) atoms. The number of allylic oxidation sites excluding steroid dienone is 3. The first-order valence-electron chi connectivity index (χ1n) is 24.6. The number of nitrogens with zero attached hydrogens (tertiary/aromatic N) is 3. The first-order valence-corrected chi connectivity index (χ1v) is 24.6. The zero-order valence-corrected chi connectivity index (χ0v) is 42.9. The number of unbranched alkanes of at least 4 members (excludes halogenated alkanes) is 1. The number of hydrogen-bond acceptors (Lipinski definition) is 12. The summed E-state index contributed by atoms with van der Waals surface area (Å²) in [6, 6.07) is 29.8. The molecule has 2 heterocycles. The molecule has 0 saturated carbocycles. The molecule has 1 N–H and O–H groups in total. The van der Waals surface area contributed by atoms with E-state index >= 15 is 0 Å². The second-order valence-electron chi connectivity index (χ2n) is 19.3. The van der Waals surface area contributed by atoms with Crippen molar-refractivity contribution in [3.8, 4) is 5.75 Å². The minimum atomic E-state index is -0.736. The van der Waals surface area contributed by atoms with Gasteiger partial charge in [0.15, 0.2) is 23.1 Å². The lowest BCUT2D eigenvalue weighted by Crippen LogP contribution is -2.39. The van der Waals surface area contributed by atoms with Crippen LogP contribution in [-0.4, -0.2) is 67.7 Å². The number of Topliss-reactive ketones (excluding diaryl/α,β-unsaturated/α-hetero) is 3. The second-order valence-corrected chi connectivity index (χ2v) is 19.3. The van der Waals surface area contributed by atoms with Gasteiger partial charge in [0.25, 0.3) is 5.43 Å². The summed E-state index contributed by atoms with van der Waals surface area (Å²) in [6.45, 7) is 21.0. The molecule has 12 heteroatoms. The number of carbonyl (C=O) groups is 3. The molecule has 0 saturated heterocycles. The lowest BCUT2D eigenvalue weighted by Gasteiger charge is -2.25. The lowest BCUT2D eigenvalue weighted by atomic mass is 9.82. The Kier molecular flexibility index (Phi) is 16.5. The van der Waals surface area contributed by atoms with Gasteiger partial charge in [0, 0.05) is 75.5 Å². The summed E-state index contributed by atoms with van der Waals surface area (Å²) in [7, 11) is 3.90. The summed E-state index contributed by atoms with van der Waals surface area (Å²) in [5.41, 5.74) is 5.76. The largest absolute Gasteiger partial charge is 0.506 e.